The Morgan fingerprint density at radius 2 is 1.58 bits per heavy atom. The third-order valence-corrected chi connectivity index (χ3v) is 5.85. The molecule has 0 aliphatic heterocycles. The Morgan fingerprint density at radius 1 is 0.875 bits per heavy atom. The summed E-state index contributed by atoms with van der Waals surface area (Å²) < 4.78 is 5.94. The summed E-state index contributed by atoms with van der Waals surface area (Å²) in [6, 6.07) is 11.5. The zero-order chi connectivity index (χ0) is 16.7. The molecule has 0 atom stereocenters. The van der Waals surface area contributed by atoms with Crippen molar-refractivity contribution in [2.24, 2.45) is 0 Å². The Morgan fingerprint density at radius 3 is 2.29 bits per heavy atom. The molecule has 1 saturated carbocycles. The van der Waals surface area contributed by atoms with Crippen molar-refractivity contribution in [1.82, 2.24) is 0 Å². The molecule has 1 heteroatoms. The Hall–Kier alpha value is -2.02. The van der Waals surface area contributed by atoms with E-state index in [0.29, 0.717) is 0 Å². The minimum Gasteiger partial charge on any atom is -0.463 e. The number of hydrogen-bond donors (Lipinski definition) is 0. The van der Waals surface area contributed by atoms with E-state index >= 15 is 0 Å². The predicted molar refractivity (Wildman–Crippen MR) is 102 cm³/mol. The van der Waals surface area contributed by atoms with Crippen molar-refractivity contribution >= 4 is 11.0 Å². The molecule has 0 unspecified atom stereocenters. The van der Waals surface area contributed by atoms with Gasteiger partial charge in [-0.3, -0.25) is 0 Å². The minimum atomic E-state index is 0.764. The molecule has 0 N–H and O–H groups in total. The van der Waals surface area contributed by atoms with Crippen molar-refractivity contribution in [2.45, 2.75) is 58.8 Å². The molecule has 0 radical (unpaired) electrons. The lowest BCUT2D eigenvalue weighted by Crippen LogP contribution is -2.04. The highest BCUT2D eigenvalue weighted by atomic mass is 16.3. The summed E-state index contributed by atoms with van der Waals surface area (Å²) in [5, 5.41) is 1.27. The van der Waals surface area contributed by atoms with E-state index in [1.54, 1.807) is 0 Å². The normalized spacial score (nSPS) is 16.0. The lowest BCUT2D eigenvalue weighted by atomic mass is 9.83. The number of rotatable bonds is 2. The van der Waals surface area contributed by atoms with Crippen LogP contribution >= 0.6 is 0 Å². The average molecular weight is 318 g/mol. The van der Waals surface area contributed by atoms with Gasteiger partial charge in [0.2, 0.25) is 0 Å². The van der Waals surface area contributed by atoms with Crippen LogP contribution in [0.2, 0.25) is 0 Å². The quantitative estimate of drug-likeness (QED) is 0.492. The molecule has 1 fully saturated rings. The SMILES string of the molecule is Cc1cc(C)c2c(-c3ccc(C4CCCCC4)cc3)coc2c1C. The molecule has 3 aromatic rings. The van der Waals surface area contributed by atoms with Gasteiger partial charge in [0, 0.05) is 10.9 Å². The Bertz CT molecular complexity index is 861. The second-order valence-corrected chi connectivity index (χ2v) is 7.45. The van der Waals surface area contributed by atoms with E-state index in [4.69, 9.17) is 4.42 Å². The largest absolute Gasteiger partial charge is 0.463 e. The van der Waals surface area contributed by atoms with E-state index in [0.717, 1.165) is 11.5 Å². The van der Waals surface area contributed by atoms with Crippen LogP contribution in [0, 0.1) is 20.8 Å². The maximum absolute atomic E-state index is 5.94. The van der Waals surface area contributed by atoms with Crippen LogP contribution in [-0.4, -0.2) is 0 Å². The molecule has 0 bridgehead atoms. The van der Waals surface area contributed by atoms with Gasteiger partial charge in [0.25, 0.3) is 0 Å². The second-order valence-electron chi connectivity index (χ2n) is 7.45. The van der Waals surface area contributed by atoms with Crippen molar-refractivity contribution in [3.63, 3.8) is 0 Å². The van der Waals surface area contributed by atoms with Gasteiger partial charge < -0.3 is 4.42 Å². The number of benzene rings is 2. The summed E-state index contributed by atoms with van der Waals surface area (Å²) in [5.41, 5.74) is 8.89. The summed E-state index contributed by atoms with van der Waals surface area (Å²) in [4.78, 5) is 0. The fourth-order valence-corrected chi connectivity index (χ4v) is 4.29. The van der Waals surface area contributed by atoms with E-state index in [9.17, 15) is 0 Å². The van der Waals surface area contributed by atoms with E-state index < -0.39 is 0 Å². The van der Waals surface area contributed by atoms with Crippen molar-refractivity contribution in [3.05, 3.63) is 58.8 Å². The molecule has 2 aromatic carbocycles. The smallest absolute Gasteiger partial charge is 0.137 e. The van der Waals surface area contributed by atoms with Gasteiger partial charge in [0.05, 0.1) is 6.26 Å². The van der Waals surface area contributed by atoms with Crippen LogP contribution in [0.4, 0.5) is 0 Å². The van der Waals surface area contributed by atoms with Gasteiger partial charge in [0.1, 0.15) is 5.58 Å². The molecular weight excluding hydrogens is 292 g/mol. The first-order valence-corrected chi connectivity index (χ1v) is 9.23. The van der Waals surface area contributed by atoms with Gasteiger partial charge in [-0.1, -0.05) is 49.6 Å². The molecule has 24 heavy (non-hydrogen) atoms. The van der Waals surface area contributed by atoms with Crippen molar-refractivity contribution in [3.8, 4) is 11.1 Å². The standard InChI is InChI=1S/C23H26O/c1-15-13-16(2)22-21(14-24-23(22)17(15)3)20-11-9-19(10-12-20)18-7-5-4-6-8-18/h9-14,18H,4-8H2,1-3H3. The van der Waals surface area contributed by atoms with Gasteiger partial charge in [-0.05, 0) is 67.3 Å². The summed E-state index contributed by atoms with van der Waals surface area (Å²) in [6.45, 7) is 6.49. The lowest BCUT2D eigenvalue weighted by molar-refractivity contribution is 0.443. The van der Waals surface area contributed by atoms with E-state index in [-0.39, 0.29) is 0 Å². The molecule has 1 heterocycles. The third kappa shape index (κ3) is 2.56. The summed E-state index contributed by atoms with van der Waals surface area (Å²) >= 11 is 0. The summed E-state index contributed by atoms with van der Waals surface area (Å²) in [7, 11) is 0. The van der Waals surface area contributed by atoms with Crippen LogP contribution in [0.15, 0.2) is 41.0 Å². The molecular formula is C23H26O. The van der Waals surface area contributed by atoms with Crippen LogP contribution in [-0.2, 0) is 0 Å². The first-order valence-electron chi connectivity index (χ1n) is 9.23. The van der Waals surface area contributed by atoms with Crippen LogP contribution in [0.25, 0.3) is 22.1 Å². The summed E-state index contributed by atoms with van der Waals surface area (Å²) in [6.07, 6.45) is 8.82. The van der Waals surface area contributed by atoms with Gasteiger partial charge in [-0.2, -0.15) is 0 Å². The first-order chi connectivity index (χ1) is 11.6. The highest BCUT2D eigenvalue weighted by Gasteiger charge is 2.17. The Labute approximate surface area is 144 Å². The minimum absolute atomic E-state index is 0.764. The highest BCUT2D eigenvalue weighted by Crippen LogP contribution is 2.37. The van der Waals surface area contributed by atoms with Crippen LogP contribution in [0.1, 0.15) is 60.3 Å². The monoisotopic (exact) mass is 318 g/mol. The van der Waals surface area contributed by atoms with Gasteiger partial charge in [-0.25, -0.2) is 0 Å². The van der Waals surface area contributed by atoms with Gasteiger partial charge >= 0.3 is 0 Å². The number of furan rings is 1. The molecule has 124 valence electrons. The number of aryl methyl sites for hydroxylation is 3. The highest BCUT2D eigenvalue weighted by molar-refractivity contribution is 5.98. The van der Waals surface area contributed by atoms with Crippen LogP contribution < -0.4 is 0 Å². The second kappa shape index (κ2) is 6.12. The fourth-order valence-electron chi connectivity index (χ4n) is 4.29. The van der Waals surface area contributed by atoms with Gasteiger partial charge in [0.15, 0.2) is 0 Å². The fraction of sp³-hybridized carbons (Fsp3) is 0.391. The predicted octanol–water partition coefficient (Wildman–Crippen LogP) is 7.07. The molecule has 0 spiro atoms. The molecule has 4 rings (SSSR count). The summed E-state index contributed by atoms with van der Waals surface area (Å²) in [5.74, 6) is 0.764. The van der Waals surface area contributed by atoms with Crippen LogP contribution in [0.5, 0.6) is 0 Å². The molecule has 1 aliphatic rings. The Balaban J connectivity index is 1.74. The average Bonchev–Trinajstić information content (AvgIpc) is 3.06. The number of hydrogen-bond acceptors (Lipinski definition) is 1. The van der Waals surface area contributed by atoms with E-state index in [2.05, 4.69) is 51.1 Å². The molecule has 0 amide bonds. The van der Waals surface area contributed by atoms with E-state index in [1.165, 1.54) is 70.9 Å². The van der Waals surface area contributed by atoms with Crippen molar-refractivity contribution in [2.75, 3.05) is 0 Å². The maximum atomic E-state index is 5.94. The van der Waals surface area contributed by atoms with Crippen molar-refractivity contribution in [1.29, 1.82) is 0 Å². The van der Waals surface area contributed by atoms with Crippen LogP contribution in [0.3, 0.4) is 0 Å². The number of fused-ring (bicyclic) bond motifs is 1. The Kier molecular flexibility index (Phi) is 3.96. The molecule has 1 aliphatic carbocycles. The zero-order valence-electron chi connectivity index (χ0n) is 15.0. The molecule has 1 nitrogen and oxygen atoms in total. The maximum Gasteiger partial charge on any atom is 0.137 e. The molecule has 1 aromatic heterocycles. The topological polar surface area (TPSA) is 13.1 Å². The van der Waals surface area contributed by atoms with Crippen molar-refractivity contribution < 1.29 is 4.42 Å². The van der Waals surface area contributed by atoms with Gasteiger partial charge in [-0.15, -0.1) is 0 Å². The zero-order valence-corrected chi connectivity index (χ0v) is 15.0. The van der Waals surface area contributed by atoms with E-state index in [1.807, 2.05) is 6.26 Å². The first kappa shape index (κ1) is 15.5. The lowest BCUT2D eigenvalue weighted by Gasteiger charge is -2.22. The third-order valence-electron chi connectivity index (χ3n) is 5.85. The molecule has 0 saturated heterocycles.